The van der Waals surface area contributed by atoms with Crippen LogP contribution in [0.15, 0.2) is 24.3 Å². The summed E-state index contributed by atoms with van der Waals surface area (Å²) >= 11 is 3.55. The Bertz CT molecular complexity index is 342. The minimum absolute atomic E-state index is 0.133. The van der Waals surface area contributed by atoms with Gasteiger partial charge >= 0.3 is 0 Å². The Labute approximate surface area is 105 Å². The fourth-order valence-corrected chi connectivity index (χ4v) is 2.84. The molecule has 0 saturated carbocycles. The van der Waals surface area contributed by atoms with Crippen molar-refractivity contribution in [3.8, 4) is 0 Å². The number of piperidine rings is 1. The van der Waals surface area contributed by atoms with E-state index < -0.39 is 0 Å². The number of hydrogen-bond acceptors (Lipinski definition) is 1. The molecule has 0 spiro atoms. The zero-order chi connectivity index (χ0) is 11.4. The van der Waals surface area contributed by atoms with Gasteiger partial charge in [-0.15, -0.1) is 0 Å². The van der Waals surface area contributed by atoms with Crippen LogP contribution in [0.5, 0.6) is 0 Å². The van der Waals surface area contributed by atoms with E-state index in [1.54, 1.807) is 12.1 Å². The predicted molar refractivity (Wildman–Crippen MR) is 68.2 cm³/mol. The molecule has 1 aliphatic heterocycles. The number of alkyl halides is 1. The van der Waals surface area contributed by atoms with Gasteiger partial charge in [-0.05, 0) is 43.0 Å². The zero-order valence-electron chi connectivity index (χ0n) is 9.33. The van der Waals surface area contributed by atoms with Crippen molar-refractivity contribution < 1.29 is 4.39 Å². The van der Waals surface area contributed by atoms with Crippen LogP contribution in [-0.4, -0.2) is 23.3 Å². The van der Waals surface area contributed by atoms with E-state index in [-0.39, 0.29) is 5.82 Å². The molecular formula is C13H17BrFN. The molecule has 1 heterocycles. The summed E-state index contributed by atoms with van der Waals surface area (Å²) in [6, 6.07) is 6.93. The fourth-order valence-electron chi connectivity index (χ4n) is 2.31. The second-order valence-electron chi connectivity index (χ2n) is 4.53. The molecule has 88 valence electrons. The van der Waals surface area contributed by atoms with Crippen LogP contribution in [0.3, 0.4) is 0 Å². The zero-order valence-corrected chi connectivity index (χ0v) is 10.9. The van der Waals surface area contributed by atoms with E-state index in [1.165, 1.54) is 18.9 Å². The first kappa shape index (κ1) is 12.1. The molecule has 0 N–H and O–H groups in total. The van der Waals surface area contributed by atoms with E-state index in [0.29, 0.717) is 0 Å². The topological polar surface area (TPSA) is 3.24 Å². The Kier molecular flexibility index (Phi) is 4.36. The minimum Gasteiger partial charge on any atom is -0.299 e. The van der Waals surface area contributed by atoms with Crippen LogP contribution in [0.25, 0.3) is 0 Å². The van der Waals surface area contributed by atoms with Gasteiger partial charge in [0.2, 0.25) is 0 Å². The van der Waals surface area contributed by atoms with Crippen LogP contribution in [0.2, 0.25) is 0 Å². The van der Waals surface area contributed by atoms with E-state index in [0.717, 1.165) is 36.4 Å². The highest BCUT2D eigenvalue weighted by molar-refractivity contribution is 9.09. The van der Waals surface area contributed by atoms with Gasteiger partial charge in [-0.2, -0.15) is 0 Å². The lowest BCUT2D eigenvalue weighted by atomic mass is 10.00. The number of likely N-dealkylation sites (tertiary alicyclic amines) is 1. The third-order valence-electron chi connectivity index (χ3n) is 3.12. The molecule has 3 heteroatoms. The van der Waals surface area contributed by atoms with Crippen molar-refractivity contribution in [3.63, 3.8) is 0 Å². The van der Waals surface area contributed by atoms with Crippen LogP contribution in [0, 0.1) is 11.7 Å². The van der Waals surface area contributed by atoms with Crippen LogP contribution < -0.4 is 0 Å². The summed E-state index contributed by atoms with van der Waals surface area (Å²) in [5.74, 6) is 0.619. The molecule has 1 nitrogen and oxygen atoms in total. The Balaban J connectivity index is 1.94. The molecule has 0 radical (unpaired) electrons. The maximum Gasteiger partial charge on any atom is 0.123 e. The number of nitrogens with zero attached hydrogens (tertiary/aromatic N) is 1. The average Bonchev–Trinajstić information content (AvgIpc) is 2.29. The van der Waals surface area contributed by atoms with Gasteiger partial charge in [0.1, 0.15) is 5.82 Å². The Morgan fingerprint density at radius 2 is 2.31 bits per heavy atom. The lowest BCUT2D eigenvalue weighted by Crippen LogP contribution is -2.35. The van der Waals surface area contributed by atoms with Crippen molar-refractivity contribution in [1.82, 2.24) is 4.90 Å². The Morgan fingerprint density at radius 1 is 1.44 bits per heavy atom. The molecular weight excluding hydrogens is 269 g/mol. The lowest BCUT2D eigenvalue weighted by Gasteiger charge is -2.31. The molecule has 0 amide bonds. The minimum atomic E-state index is -0.133. The second kappa shape index (κ2) is 5.78. The number of hydrogen-bond donors (Lipinski definition) is 0. The van der Waals surface area contributed by atoms with Crippen molar-refractivity contribution in [1.29, 1.82) is 0 Å². The molecule has 1 atom stereocenters. The molecule has 1 saturated heterocycles. The molecule has 2 rings (SSSR count). The van der Waals surface area contributed by atoms with Crippen LogP contribution >= 0.6 is 15.9 Å². The molecule has 1 aromatic carbocycles. The van der Waals surface area contributed by atoms with E-state index in [1.807, 2.05) is 6.07 Å². The quantitative estimate of drug-likeness (QED) is 0.769. The van der Waals surface area contributed by atoms with Crippen molar-refractivity contribution >= 4 is 15.9 Å². The second-order valence-corrected chi connectivity index (χ2v) is 5.18. The van der Waals surface area contributed by atoms with E-state index in [2.05, 4.69) is 20.8 Å². The van der Waals surface area contributed by atoms with Gasteiger partial charge in [-0.1, -0.05) is 28.1 Å². The fraction of sp³-hybridized carbons (Fsp3) is 0.538. The Hall–Kier alpha value is -0.410. The number of rotatable bonds is 3. The van der Waals surface area contributed by atoms with E-state index in [9.17, 15) is 4.39 Å². The van der Waals surface area contributed by atoms with Crippen molar-refractivity contribution in [2.24, 2.45) is 5.92 Å². The van der Waals surface area contributed by atoms with Gasteiger partial charge < -0.3 is 0 Å². The monoisotopic (exact) mass is 285 g/mol. The smallest absolute Gasteiger partial charge is 0.123 e. The summed E-state index contributed by atoms with van der Waals surface area (Å²) in [5, 5.41) is 1.08. The average molecular weight is 286 g/mol. The molecule has 16 heavy (non-hydrogen) atoms. The third kappa shape index (κ3) is 3.29. The van der Waals surface area contributed by atoms with Gasteiger partial charge in [0.15, 0.2) is 0 Å². The lowest BCUT2D eigenvalue weighted by molar-refractivity contribution is 0.179. The molecule has 1 aliphatic rings. The summed E-state index contributed by atoms with van der Waals surface area (Å²) in [5.41, 5.74) is 1.08. The molecule has 1 aromatic rings. The third-order valence-corrected chi connectivity index (χ3v) is 4.03. The molecule has 0 aromatic heterocycles. The maximum absolute atomic E-state index is 13.0. The summed E-state index contributed by atoms with van der Waals surface area (Å²) in [7, 11) is 0. The van der Waals surface area contributed by atoms with Crippen molar-refractivity contribution in [3.05, 3.63) is 35.6 Å². The van der Waals surface area contributed by atoms with Gasteiger partial charge in [0, 0.05) is 18.4 Å². The molecule has 1 fully saturated rings. The Morgan fingerprint density at radius 3 is 3.06 bits per heavy atom. The predicted octanol–water partition coefficient (Wildman–Crippen LogP) is 3.43. The molecule has 0 unspecified atom stereocenters. The number of halogens is 2. The summed E-state index contributed by atoms with van der Waals surface area (Å²) in [4.78, 5) is 2.42. The normalized spacial score (nSPS) is 22.2. The summed E-state index contributed by atoms with van der Waals surface area (Å²) in [6.45, 7) is 3.14. The highest BCUT2D eigenvalue weighted by atomic mass is 79.9. The maximum atomic E-state index is 13.0. The van der Waals surface area contributed by atoms with Crippen molar-refractivity contribution in [2.75, 3.05) is 18.4 Å². The first-order valence-electron chi connectivity index (χ1n) is 5.80. The standard InChI is InChI=1S/C13H17BrFN/c14-8-12-4-2-6-16(10-12)9-11-3-1-5-13(15)7-11/h1,3,5,7,12H,2,4,6,8-10H2/t12-/m0/s1. The van der Waals surface area contributed by atoms with Gasteiger partial charge in [0.25, 0.3) is 0 Å². The first-order valence-corrected chi connectivity index (χ1v) is 6.93. The SMILES string of the molecule is Fc1cccc(CN2CCC[C@@H](CBr)C2)c1. The van der Waals surface area contributed by atoms with Crippen LogP contribution in [0.1, 0.15) is 18.4 Å². The van der Waals surface area contributed by atoms with Gasteiger partial charge in [-0.3, -0.25) is 4.90 Å². The van der Waals surface area contributed by atoms with E-state index >= 15 is 0 Å². The van der Waals surface area contributed by atoms with Crippen molar-refractivity contribution in [2.45, 2.75) is 19.4 Å². The van der Waals surface area contributed by atoms with Crippen LogP contribution in [-0.2, 0) is 6.54 Å². The first-order chi connectivity index (χ1) is 7.78. The molecule has 0 aliphatic carbocycles. The molecule has 0 bridgehead atoms. The van der Waals surface area contributed by atoms with E-state index in [4.69, 9.17) is 0 Å². The largest absolute Gasteiger partial charge is 0.299 e. The highest BCUT2D eigenvalue weighted by Gasteiger charge is 2.18. The van der Waals surface area contributed by atoms with Crippen LogP contribution in [0.4, 0.5) is 4.39 Å². The summed E-state index contributed by atoms with van der Waals surface area (Å²) in [6.07, 6.45) is 2.57. The number of benzene rings is 1. The van der Waals surface area contributed by atoms with Gasteiger partial charge in [-0.25, -0.2) is 4.39 Å². The summed E-state index contributed by atoms with van der Waals surface area (Å²) < 4.78 is 13.0. The van der Waals surface area contributed by atoms with Gasteiger partial charge in [0.05, 0.1) is 0 Å². The highest BCUT2D eigenvalue weighted by Crippen LogP contribution is 2.20.